The predicted octanol–water partition coefficient (Wildman–Crippen LogP) is 3.10. The second-order valence-electron chi connectivity index (χ2n) is 6.94. The highest BCUT2D eigenvalue weighted by atomic mass is 79.9. The quantitative estimate of drug-likeness (QED) is 0.768. The van der Waals surface area contributed by atoms with Gasteiger partial charge in [-0.05, 0) is 48.8 Å². The molecule has 0 aromatic carbocycles. The smallest absolute Gasteiger partial charge is 0.410 e. The first-order chi connectivity index (χ1) is 10.3. The van der Waals surface area contributed by atoms with Gasteiger partial charge in [-0.15, -0.1) is 0 Å². The largest absolute Gasteiger partial charge is 0.444 e. The number of nitriles is 1. The van der Waals surface area contributed by atoms with Crippen LogP contribution >= 0.6 is 15.9 Å². The van der Waals surface area contributed by atoms with E-state index in [0.717, 1.165) is 10.2 Å². The molecule has 2 heterocycles. The van der Waals surface area contributed by atoms with Crippen LogP contribution < -0.4 is 0 Å². The van der Waals surface area contributed by atoms with Crippen LogP contribution in [0.5, 0.6) is 0 Å². The van der Waals surface area contributed by atoms with E-state index in [-0.39, 0.29) is 17.9 Å². The van der Waals surface area contributed by atoms with E-state index in [1.54, 1.807) is 11.1 Å². The minimum atomic E-state index is -0.542. The predicted molar refractivity (Wildman–Crippen MR) is 84.0 cm³/mol. The van der Waals surface area contributed by atoms with Crippen LogP contribution in [0.2, 0.25) is 0 Å². The Morgan fingerprint density at radius 2 is 2.09 bits per heavy atom. The Balaban J connectivity index is 1.72. The summed E-state index contributed by atoms with van der Waals surface area (Å²) >= 11 is 3.36. The highest BCUT2D eigenvalue weighted by molar-refractivity contribution is 9.10. The number of pyridine rings is 1. The van der Waals surface area contributed by atoms with Crippen LogP contribution in [0.1, 0.15) is 26.5 Å². The Morgan fingerprint density at radius 3 is 2.55 bits per heavy atom. The molecule has 0 bridgehead atoms. The number of nitrogens with zero attached hydrogens (tertiary/aromatic N) is 3. The molecular weight excluding hydrogens is 346 g/mol. The number of halogens is 1. The number of aromatic nitrogens is 1. The Bertz CT molecular complexity index is 633. The summed E-state index contributed by atoms with van der Waals surface area (Å²) in [4.78, 5) is 18.2. The molecule has 116 valence electrons. The summed E-state index contributed by atoms with van der Waals surface area (Å²) in [5.74, 6) is 0.303. The fourth-order valence-electron chi connectivity index (χ4n) is 3.33. The average molecular weight is 364 g/mol. The number of fused-ring (bicyclic) bond motifs is 1. The molecule has 2 fully saturated rings. The van der Waals surface area contributed by atoms with Gasteiger partial charge in [-0.1, -0.05) is 0 Å². The van der Waals surface area contributed by atoms with E-state index < -0.39 is 11.0 Å². The summed E-state index contributed by atoms with van der Waals surface area (Å²) < 4.78 is 6.29. The summed E-state index contributed by atoms with van der Waals surface area (Å²) in [7, 11) is 0. The molecule has 1 saturated carbocycles. The lowest BCUT2D eigenvalue weighted by atomic mass is 9.96. The van der Waals surface area contributed by atoms with Crippen LogP contribution in [0.25, 0.3) is 0 Å². The number of ether oxygens (including phenoxy) is 1. The molecule has 1 amide bonds. The number of hydrogen-bond donors (Lipinski definition) is 0. The molecule has 5 nitrogen and oxygen atoms in total. The molecule has 22 heavy (non-hydrogen) atoms. The van der Waals surface area contributed by atoms with E-state index in [1.807, 2.05) is 32.9 Å². The third kappa shape index (κ3) is 2.38. The van der Waals surface area contributed by atoms with Gasteiger partial charge in [0.15, 0.2) is 0 Å². The molecule has 6 heteroatoms. The third-order valence-electron chi connectivity index (χ3n) is 4.37. The molecule has 3 rings (SSSR count). The summed E-state index contributed by atoms with van der Waals surface area (Å²) in [6.45, 7) is 6.68. The van der Waals surface area contributed by atoms with Crippen molar-refractivity contribution in [2.75, 3.05) is 13.1 Å². The number of carbonyl (C=O) groups is 1. The zero-order valence-electron chi connectivity index (χ0n) is 12.8. The fourth-order valence-corrected chi connectivity index (χ4v) is 3.56. The molecule has 1 aromatic heterocycles. The van der Waals surface area contributed by atoms with Crippen molar-refractivity contribution in [1.82, 2.24) is 9.88 Å². The van der Waals surface area contributed by atoms with Crippen LogP contribution in [0.3, 0.4) is 0 Å². The van der Waals surface area contributed by atoms with Crippen LogP contribution in [0, 0.1) is 23.2 Å². The van der Waals surface area contributed by atoms with E-state index >= 15 is 0 Å². The second-order valence-corrected chi connectivity index (χ2v) is 7.86. The molecular formula is C16H18BrN3O2. The molecule has 0 spiro atoms. The lowest BCUT2D eigenvalue weighted by molar-refractivity contribution is 0.0265. The zero-order valence-corrected chi connectivity index (χ0v) is 14.4. The van der Waals surface area contributed by atoms with Crippen molar-refractivity contribution >= 4 is 22.0 Å². The Kier molecular flexibility index (Phi) is 3.44. The number of carbonyl (C=O) groups excluding carboxylic acids is 1. The lowest BCUT2D eigenvalue weighted by Crippen LogP contribution is -2.39. The lowest BCUT2D eigenvalue weighted by Gasteiger charge is -2.27. The van der Waals surface area contributed by atoms with Crippen LogP contribution in [-0.2, 0) is 10.2 Å². The highest BCUT2D eigenvalue weighted by Gasteiger charge is 2.71. The summed E-state index contributed by atoms with van der Waals surface area (Å²) in [6, 6.07) is 6.24. The summed E-state index contributed by atoms with van der Waals surface area (Å²) in [6.07, 6.45) is 1.42. The van der Waals surface area contributed by atoms with Crippen molar-refractivity contribution in [3.8, 4) is 6.07 Å². The number of hydrogen-bond acceptors (Lipinski definition) is 4. The molecule has 2 atom stereocenters. The minimum Gasteiger partial charge on any atom is -0.444 e. The van der Waals surface area contributed by atoms with Crippen LogP contribution in [0.15, 0.2) is 22.8 Å². The van der Waals surface area contributed by atoms with Crippen LogP contribution in [-0.4, -0.2) is 34.7 Å². The van der Waals surface area contributed by atoms with Crippen molar-refractivity contribution in [3.63, 3.8) is 0 Å². The SMILES string of the molecule is CC(C)(C)OC(=O)N1CC2C(C1)C2(C#N)c1ccc(Br)cn1. The molecule has 1 aliphatic carbocycles. The Hall–Kier alpha value is -1.61. The molecule has 1 aromatic rings. The van der Waals surface area contributed by atoms with Gasteiger partial charge < -0.3 is 9.64 Å². The van der Waals surface area contributed by atoms with E-state index in [1.165, 1.54) is 0 Å². The summed E-state index contributed by atoms with van der Waals surface area (Å²) in [5, 5.41) is 9.66. The van der Waals surface area contributed by atoms with Gasteiger partial charge in [0, 0.05) is 35.6 Å². The van der Waals surface area contributed by atoms with E-state index in [2.05, 4.69) is 27.0 Å². The Labute approximate surface area is 138 Å². The van der Waals surface area contributed by atoms with Gasteiger partial charge in [0.25, 0.3) is 0 Å². The van der Waals surface area contributed by atoms with Crippen molar-refractivity contribution < 1.29 is 9.53 Å². The maximum Gasteiger partial charge on any atom is 0.410 e. The molecule has 1 aliphatic heterocycles. The topological polar surface area (TPSA) is 66.2 Å². The standard InChI is InChI=1S/C16H18BrN3O2/c1-15(2,3)22-14(21)20-7-11-12(8-20)16(11,9-18)13-5-4-10(17)6-19-13/h4-6,11-12H,7-8H2,1-3H3. The minimum absolute atomic E-state index is 0.152. The van der Waals surface area contributed by atoms with Gasteiger partial charge in [0.1, 0.15) is 11.0 Å². The molecule has 2 unspecified atom stereocenters. The number of amides is 1. The van der Waals surface area contributed by atoms with Gasteiger partial charge in [-0.2, -0.15) is 5.26 Å². The second kappa shape index (κ2) is 4.95. The van der Waals surface area contributed by atoms with Gasteiger partial charge >= 0.3 is 6.09 Å². The van der Waals surface area contributed by atoms with E-state index in [4.69, 9.17) is 4.74 Å². The number of rotatable bonds is 1. The number of piperidine rings is 1. The average Bonchev–Trinajstić information content (AvgIpc) is 2.81. The van der Waals surface area contributed by atoms with Crippen molar-refractivity contribution in [2.24, 2.45) is 11.8 Å². The van der Waals surface area contributed by atoms with Gasteiger partial charge in [-0.3, -0.25) is 4.98 Å². The van der Waals surface area contributed by atoms with Gasteiger partial charge in [-0.25, -0.2) is 4.79 Å². The van der Waals surface area contributed by atoms with Gasteiger partial charge in [0.05, 0.1) is 11.8 Å². The third-order valence-corrected chi connectivity index (χ3v) is 4.84. The molecule has 1 saturated heterocycles. The van der Waals surface area contributed by atoms with Crippen molar-refractivity contribution in [1.29, 1.82) is 5.26 Å². The monoisotopic (exact) mass is 363 g/mol. The zero-order chi connectivity index (χ0) is 16.1. The van der Waals surface area contributed by atoms with Crippen molar-refractivity contribution in [2.45, 2.75) is 31.8 Å². The molecule has 0 N–H and O–H groups in total. The fraction of sp³-hybridized carbons (Fsp3) is 0.562. The van der Waals surface area contributed by atoms with Gasteiger partial charge in [0.2, 0.25) is 0 Å². The normalized spacial score (nSPS) is 29.7. The molecule has 2 aliphatic rings. The first-order valence-electron chi connectivity index (χ1n) is 7.29. The van der Waals surface area contributed by atoms with Crippen LogP contribution in [0.4, 0.5) is 4.79 Å². The first kappa shape index (κ1) is 15.3. The van der Waals surface area contributed by atoms with Crippen molar-refractivity contribution in [3.05, 3.63) is 28.5 Å². The first-order valence-corrected chi connectivity index (χ1v) is 8.08. The molecule has 0 radical (unpaired) electrons. The highest BCUT2D eigenvalue weighted by Crippen LogP contribution is 2.62. The maximum absolute atomic E-state index is 12.1. The maximum atomic E-state index is 12.1. The number of likely N-dealkylation sites (tertiary alicyclic amines) is 1. The summed E-state index contributed by atoms with van der Waals surface area (Å²) in [5.41, 5.74) is -0.236. The van der Waals surface area contributed by atoms with E-state index in [0.29, 0.717) is 13.1 Å². The van der Waals surface area contributed by atoms with E-state index in [9.17, 15) is 10.1 Å². The Morgan fingerprint density at radius 1 is 1.45 bits per heavy atom.